The van der Waals surface area contributed by atoms with Gasteiger partial charge in [0.2, 0.25) is 0 Å². The van der Waals surface area contributed by atoms with E-state index in [4.69, 9.17) is 9.47 Å². The summed E-state index contributed by atoms with van der Waals surface area (Å²) < 4.78 is 24.6. The standard InChI is InChI=1S/C19H27FO2/c1-14-2-4-15(5-3-14)6-7-16-12-21-19(22-13-16)17-8-10-18(20)11-9-17/h8-11,14-16,19H,2-7,12-13H2,1H3. The molecule has 0 unspecified atom stereocenters. The summed E-state index contributed by atoms with van der Waals surface area (Å²) in [5, 5.41) is 0. The molecule has 2 fully saturated rings. The average Bonchev–Trinajstić information content (AvgIpc) is 2.56. The number of hydrogen-bond donors (Lipinski definition) is 0. The Hall–Kier alpha value is -0.930. The summed E-state index contributed by atoms with van der Waals surface area (Å²) in [6, 6.07) is 6.39. The van der Waals surface area contributed by atoms with Crippen molar-refractivity contribution in [3.05, 3.63) is 35.6 Å². The van der Waals surface area contributed by atoms with Crippen molar-refractivity contribution < 1.29 is 13.9 Å². The minimum Gasteiger partial charge on any atom is -0.348 e. The Labute approximate surface area is 133 Å². The molecular weight excluding hydrogens is 279 g/mol. The Morgan fingerprint density at radius 3 is 2.14 bits per heavy atom. The third-order valence-corrected chi connectivity index (χ3v) is 5.23. The third-order valence-electron chi connectivity index (χ3n) is 5.23. The van der Waals surface area contributed by atoms with Gasteiger partial charge < -0.3 is 9.47 Å². The zero-order valence-corrected chi connectivity index (χ0v) is 13.5. The summed E-state index contributed by atoms with van der Waals surface area (Å²) in [5.74, 6) is 2.12. The highest BCUT2D eigenvalue weighted by atomic mass is 19.1. The van der Waals surface area contributed by atoms with Gasteiger partial charge in [0.15, 0.2) is 6.29 Å². The highest BCUT2D eigenvalue weighted by molar-refractivity contribution is 5.17. The summed E-state index contributed by atoms with van der Waals surface area (Å²) in [6.45, 7) is 3.88. The lowest BCUT2D eigenvalue weighted by atomic mass is 9.80. The average molecular weight is 306 g/mol. The summed E-state index contributed by atoms with van der Waals surface area (Å²) in [5.41, 5.74) is 0.904. The number of rotatable bonds is 4. The van der Waals surface area contributed by atoms with Gasteiger partial charge in [-0.1, -0.05) is 51.2 Å². The lowest BCUT2D eigenvalue weighted by Crippen LogP contribution is -2.27. The molecule has 0 N–H and O–H groups in total. The van der Waals surface area contributed by atoms with Crippen molar-refractivity contribution in [2.24, 2.45) is 17.8 Å². The van der Waals surface area contributed by atoms with Crippen molar-refractivity contribution in [1.82, 2.24) is 0 Å². The smallest absolute Gasteiger partial charge is 0.183 e. The Morgan fingerprint density at radius 2 is 1.50 bits per heavy atom. The largest absolute Gasteiger partial charge is 0.348 e. The molecule has 0 atom stereocenters. The molecule has 0 aromatic heterocycles. The normalized spacial score (nSPS) is 32.8. The molecule has 1 aliphatic carbocycles. The van der Waals surface area contributed by atoms with E-state index < -0.39 is 0 Å². The van der Waals surface area contributed by atoms with Gasteiger partial charge in [0.05, 0.1) is 13.2 Å². The van der Waals surface area contributed by atoms with Crippen LogP contribution in [0.3, 0.4) is 0 Å². The van der Waals surface area contributed by atoms with Crippen LogP contribution >= 0.6 is 0 Å². The number of ether oxygens (including phenoxy) is 2. The van der Waals surface area contributed by atoms with E-state index in [1.807, 2.05) is 0 Å². The number of benzene rings is 1. The van der Waals surface area contributed by atoms with Gasteiger partial charge in [-0.05, 0) is 30.4 Å². The minimum absolute atomic E-state index is 0.223. The molecule has 1 heterocycles. The molecule has 122 valence electrons. The summed E-state index contributed by atoms with van der Waals surface area (Å²) in [7, 11) is 0. The monoisotopic (exact) mass is 306 g/mol. The third kappa shape index (κ3) is 4.30. The van der Waals surface area contributed by atoms with Crippen LogP contribution in [0, 0.1) is 23.6 Å². The lowest BCUT2D eigenvalue weighted by molar-refractivity contribution is -0.206. The van der Waals surface area contributed by atoms with Crippen LogP contribution in [0.4, 0.5) is 4.39 Å². The maximum absolute atomic E-state index is 12.9. The molecule has 1 aromatic rings. The fourth-order valence-corrected chi connectivity index (χ4v) is 3.61. The number of hydrogen-bond acceptors (Lipinski definition) is 2. The first-order valence-electron chi connectivity index (χ1n) is 8.69. The molecule has 2 nitrogen and oxygen atoms in total. The van der Waals surface area contributed by atoms with Crippen LogP contribution in [0.5, 0.6) is 0 Å². The fraction of sp³-hybridized carbons (Fsp3) is 0.684. The van der Waals surface area contributed by atoms with Gasteiger partial charge in [0.25, 0.3) is 0 Å². The van der Waals surface area contributed by atoms with E-state index >= 15 is 0 Å². The van der Waals surface area contributed by atoms with Gasteiger partial charge in [-0.2, -0.15) is 0 Å². The second-order valence-electron chi connectivity index (χ2n) is 7.12. The molecule has 3 rings (SSSR count). The van der Waals surface area contributed by atoms with Crippen LogP contribution in [-0.2, 0) is 9.47 Å². The topological polar surface area (TPSA) is 18.5 Å². The maximum atomic E-state index is 12.9. The fourth-order valence-electron chi connectivity index (χ4n) is 3.61. The molecule has 0 bridgehead atoms. The Kier molecular flexibility index (Phi) is 5.48. The van der Waals surface area contributed by atoms with Crippen molar-refractivity contribution in [3.8, 4) is 0 Å². The summed E-state index contributed by atoms with van der Waals surface area (Å²) in [6.07, 6.45) is 7.78. The first-order valence-corrected chi connectivity index (χ1v) is 8.69. The van der Waals surface area contributed by atoms with Gasteiger partial charge in [-0.15, -0.1) is 0 Å². The SMILES string of the molecule is CC1CCC(CCC2COC(c3ccc(F)cc3)OC2)CC1. The van der Waals surface area contributed by atoms with Crippen LogP contribution in [0.1, 0.15) is 57.3 Å². The van der Waals surface area contributed by atoms with E-state index in [1.165, 1.54) is 50.7 Å². The molecule has 1 saturated carbocycles. The Bertz CT molecular complexity index is 443. The highest BCUT2D eigenvalue weighted by Crippen LogP contribution is 2.33. The molecular formula is C19H27FO2. The Morgan fingerprint density at radius 1 is 0.909 bits per heavy atom. The highest BCUT2D eigenvalue weighted by Gasteiger charge is 2.25. The quantitative estimate of drug-likeness (QED) is 0.771. The van der Waals surface area contributed by atoms with Crippen molar-refractivity contribution in [1.29, 1.82) is 0 Å². The van der Waals surface area contributed by atoms with Gasteiger partial charge in [0.1, 0.15) is 5.82 Å². The molecule has 1 aliphatic heterocycles. The van der Waals surface area contributed by atoms with Crippen molar-refractivity contribution in [3.63, 3.8) is 0 Å². The van der Waals surface area contributed by atoms with Gasteiger partial charge in [-0.3, -0.25) is 0 Å². The van der Waals surface area contributed by atoms with Crippen molar-refractivity contribution >= 4 is 0 Å². The van der Waals surface area contributed by atoms with Crippen LogP contribution in [-0.4, -0.2) is 13.2 Å². The van der Waals surface area contributed by atoms with Crippen LogP contribution in [0.2, 0.25) is 0 Å². The zero-order chi connectivity index (χ0) is 15.4. The first kappa shape index (κ1) is 15.9. The molecule has 1 saturated heterocycles. The molecule has 3 heteroatoms. The van der Waals surface area contributed by atoms with Gasteiger partial charge >= 0.3 is 0 Å². The van der Waals surface area contributed by atoms with E-state index in [-0.39, 0.29) is 12.1 Å². The van der Waals surface area contributed by atoms with E-state index in [9.17, 15) is 4.39 Å². The van der Waals surface area contributed by atoms with Crippen molar-refractivity contribution in [2.45, 2.75) is 51.7 Å². The molecule has 1 aromatic carbocycles. The van der Waals surface area contributed by atoms with Crippen LogP contribution < -0.4 is 0 Å². The van der Waals surface area contributed by atoms with E-state index in [2.05, 4.69) is 6.92 Å². The first-order chi connectivity index (χ1) is 10.7. The Balaban J connectivity index is 1.39. The molecule has 0 radical (unpaired) electrons. The second kappa shape index (κ2) is 7.56. The van der Waals surface area contributed by atoms with Crippen LogP contribution in [0.25, 0.3) is 0 Å². The zero-order valence-electron chi connectivity index (χ0n) is 13.5. The molecule has 2 aliphatic rings. The molecule has 0 amide bonds. The second-order valence-corrected chi connectivity index (χ2v) is 7.12. The van der Waals surface area contributed by atoms with E-state index in [1.54, 1.807) is 12.1 Å². The van der Waals surface area contributed by atoms with Crippen molar-refractivity contribution in [2.75, 3.05) is 13.2 Å². The lowest BCUT2D eigenvalue weighted by Gasteiger charge is -2.31. The predicted octanol–water partition coefficient (Wildman–Crippen LogP) is 5.09. The van der Waals surface area contributed by atoms with Gasteiger partial charge in [-0.25, -0.2) is 4.39 Å². The van der Waals surface area contributed by atoms with E-state index in [0.717, 1.165) is 30.6 Å². The minimum atomic E-state index is -0.326. The summed E-state index contributed by atoms with van der Waals surface area (Å²) in [4.78, 5) is 0. The molecule has 0 spiro atoms. The van der Waals surface area contributed by atoms with Gasteiger partial charge in [0, 0.05) is 11.5 Å². The van der Waals surface area contributed by atoms with Crippen LogP contribution in [0.15, 0.2) is 24.3 Å². The molecule has 22 heavy (non-hydrogen) atoms. The number of halogens is 1. The maximum Gasteiger partial charge on any atom is 0.183 e. The van der Waals surface area contributed by atoms with E-state index in [0.29, 0.717) is 5.92 Å². The summed E-state index contributed by atoms with van der Waals surface area (Å²) >= 11 is 0. The predicted molar refractivity (Wildman–Crippen MR) is 84.9 cm³/mol.